The highest BCUT2D eigenvalue weighted by Gasteiger charge is 2.05. The van der Waals surface area contributed by atoms with Crippen LogP contribution in [-0.2, 0) is 6.54 Å². The number of nitrogens with two attached hydrogens (primary N) is 1. The average molecular weight is 206 g/mol. The molecular weight excluding hydrogens is 184 g/mol. The second-order valence-electron chi connectivity index (χ2n) is 4.60. The Morgan fingerprint density at radius 1 is 1.33 bits per heavy atom. The summed E-state index contributed by atoms with van der Waals surface area (Å²) >= 11 is 0. The van der Waals surface area contributed by atoms with Crippen molar-refractivity contribution in [1.82, 2.24) is 4.90 Å². The molecule has 1 aromatic carbocycles. The maximum atomic E-state index is 5.77. The van der Waals surface area contributed by atoms with E-state index in [0.29, 0.717) is 0 Å². The van der Waals surface area contributed by atoms with Crippen molar-refractivity contribution in [2.45, 2.75) is 33.4 Å². The van der Waals surface area contributed by atoms with E-state index in [-0.39, 0.29) is 6.04 Å². The number of rotatable bonds is 4. The highest BCUT2D eigenvalue weighted by molar-refractivity contribution is 5.30. The van der Waals surface area contributed by atoms with Crippen molar-refractivity contribution in [3.8, 4) is 0 Å². The summed E-state index contributed by atoms with van der Waals surface area (Å²) in [4.78, 5) is 2.27. The first-order valence-electron chi connectivity index (χ1n) is 5.49. The fourth-order valence-electron chi connectivity index (χ4n) is 1.82. The first-order valence-corrected chi connectivity index (χ1v) is 5.49. The molecule has 0 aliphatic rings. The van der Waals surface area contributed by atoms with E-state index in [1.54, 1.807) is 0 Å². The van der Waals surface area contributed by atoms with Gasteiger partial charge in [0.1, 0.15) is 0 Å². The van der Waals surface area contributed by atoms with Gasteiger partial charge in [-0.1, -0.05) is 23.8 Å². The smallest absolute Gasteiger partial charge is 0.0234 e. The Morgan fingerprint density at radius 2 is 2.00 bits per heavy atom. The lowest BCUT2D eigenvalue weighted by Crippen LogP contribution is -2.32. The van der Waals surface area contributed by atoms with Gasteiger partial charge < -0.3 is 10.6 Å². The first-order chi connectivity index (χ1) is 6.99. The molecule has 2 nitrogen and oxygen atoms in total. The molecule has 0 saturated carbocycles. The number of benzene rings is 1. The van der Waals surface area contributed by atoms with Crippen LogP contribution in [0.2, 0.25) is 0 Å². The summed E-state index contributed by atoms with van der Waals surface area (Å²) in [6.07, 6.45) is 0. The van der Waals surface area contributed by atoms with E-state index in [9.17, 15) is 0 Å². The molecule has 2 N–H and O–H groups in total. The van der Waals surface area contributed by atoms with Crippen LogP contribution in [0.15, 0.2) is 18.2 Å². The van der Waals surface area contributed by atoms with Crippen molar-refractivity contribution < 1.29 is 0 Å². The Hall–Kier alpha value is -0.860. The molecule has 15 heavy (non-hydrogen) atoms. The van der Waals surface area contributed by atoms with Gasteiger partial charge in [-0.25, -0.2) is 0 Å². The SMILES string of the molecule is Cc1ccc(C)c(CN(C)CC(C)N)c1. The van der Waals surface area contributed by atoms with E-state index in [0.717, 1.165) is 13.1 Å². The van der Waals surface area contributed by atoms with Crippen LogP contribution in [0.4, 0.5) is 0 Å². The summed E-state index contributed by atoms with van der Waals surface area (Å²) in [5.74, 6) is 0. The second kappa shape index (κ2) is 5.29. The van der Waals surface area contributed by atoms with Crippen molar-refractivity contribution in [2.24, 2.45) is 5.73 Å². The molecular formula is C13H22N2. The molecule has 1 atom stereocenters. The largest absolute Gasteiger partial charge is 0.327 e. The maximum absolute atomic E-state index is 5.77. The van der Waals surface area contributed by atoms with Crippen LogP contribution < -0.4 is 5.73 Å². The predicted octanol–water partition coefficient (Wildman–Crippen LogP) is 2.08. The molecule has 1 rings (SSSR count). The molecule has 0 bridgehead atoms. The Balaban J connectivity index is 2.67. The van der Waals surface area contributed by atoms with Gasteiger partial charge in [-0.15, -0.1) is 0 Å². The second-order valence-corrected chi connectivity index (χ2v) is 4.60. The van der Waals surface area contributed by atoms with Crippen molar-refractivity contribution >= 4 is 0 Å². The molecule has 1 aromatic rings. The van der Waals surface area contributed by atoms with Crippen molar-refractivity contribution in [3.05, 3.63) is 34.9 Å². The van der Waals surface area contributed by atoms with Crippen LogP contribution in [0.25, 0.3) is 0 Å². The van der Waals surface area contributed by atoms with Gasteiger partial charge in [0.05, 0.1) is 0 Å². The summed E-state index contributed by atoms with van der Waals surface area (Å²) in [7, 11) is 2.12. The molecule has 1 unspecified atom stereocenters. The normalized spacial score (nSPS) is 13.2. The maximum Gasteiger partial charge on any atom is 0.0234 e. The number of hydrogen-bond donors (Lipinski definition) is 1. The van der Waals surface area contributed by atoms with E-state index in [1.807, 2.05) is 6.92 Å². The quantitative estimate of drug-likeness (QED) is 0.817. The lowest BCUT2D eigenvalue weighted by molar-refractivity contribution is 0.309. The molecule has 84 valence electrons. The summed E-state index contributed by atoms with van der Waals surface area (Å²) in [6.45, 7) is 8.25. The molecule has 0 fully saturated rings. The highest BCUT2D eigenvalue weighted by atomic mass is 15.1. The third-order valence-electron chi connectivity index (χ3n) is 2.54. The van der Waals surface area contributed by atoms with Crippen LogP contribution in [-0.4, -0.2) is 24.5 Å². The van der Waals surface area contributed by atoms with Gasteiger partial charge in [0.15, 0.2) is 0 Å². The van der Waals surface area contributed by atoms with Crippen molar-refractivity contribution in [2.75, 3.05) is 13.6 Å². The number of aryl methyl sites for hydroxylation is 2. The molecule has 0 saturated heterocycles. The lowest BCUT2D eigenvalue weighted by Gasteiger charge is -2.20. The zero-order valence-corrected chi connectivity index (χ0v) is 10.2. The molecule has 0 spiro atoms. The van der Waals surface area contributed by atoms with E-state index in [1.165, 1.54) is 16.7 Å². The standard InChI is InChI=1S/C13H22N2/c1-10-5-6-11(2)13(7-10)9-15(4)8-12(3)14/h5-7,12H,8-9,14H2,1-4H3. The van der Waals surface area contributed by atoms with Crippen LogP contribution in [0.1, 0.15) is 23.6 Å². The minimum absolute atomic E-state index is 0.236. The van der Waals surface area contributed by atoms with Gasteiger partial charge in [0.25, 0.3) is 0 Å². The average Bonchev–Trinajstić information content (AvgIpc) is 2.10. The topological polar surface area (TPSA) is 29.3 Å². The minimum Gasteiger partial charge on any atom is -0.327 e. The van der Waals surface area contributed by atoms with Gasteiger partial charge >= 0.3 is 0 Å². The zero-order valence-electron chi connectivity index (χ0n) is 10.2. The minimum atomic E-state index is 0.236. The molecule has 0 amide bonds. The third kappa shape index (κ3) is 4.02. The van der Waals surface area contributed by atoms with Crippen LogP contribution >= 0.6 is 0 Å². The van der Waals surface area contributed by atoms with Crippen molar-refractivity contribution in [1.29, 1.82) is 0 Å². The molecule has 2 heteroatoms. The van der Waals surface area contributed by atoms with E-state index in [4.69, 9.17) is 5.73 Å². The molecule has 0 heterocycles. The first kappa shape index (κ1) is 12.2. The molecule has 0 aliphatic heterocycles. The fourth-order valence-corrected chi connectivity index (χ4v) is 1.82. The number of hydrogen-bond acceptors (Lipinski definition) is 2. The van der Waals surface area contributed by atoms with E-state index in [2.05, 4.69) is 44.0 Å². The highest BCUT2D eigenvalue weighted by Crippen LogP contribution is 2.12. The van der Waals surface area contributed by atoms with E-state index >= 15 is 0 Å². The molecule has 0 aromatic heterocycles. The Morgan fingerprint density at radius 3 is 2.60 bits per heavy atom. The monoisotopic (exact) mass is 206 g/mol. The number of nitrogens with zero attached hydrogens (tertiary/aromatic N) is 1. The zero-order chi connectivity index (χ0) is 11.4. The van der Waals surface area contributed by atoms with Crippen molar-refractivity contribution in [3.63, 3.8) is 0 Å². The molecule has 0 aliphatic carbocycles. The fraction of sp³-hybridized carbons (Fsp3) is 0.538. The van der Waals surface area contributed by atoms with Gasteiger partial charge in [0, 0.05) is 19.1 Å². The van der Waals surface area contributed by atoms with Gasteiger partial charge in [-0.05, 0) is 38.9 Å². The van der Waals surface area contributed by atoms with Crippen LogP contribution in [0.3, 0.4) is 0 Å². The van der Waals surface area contributed by atoms with Gasteiger partial charge in [-0.2, -0.15) is 0 Å². The summed E-state index contributed by atoms with van der Waals surface area (Å²) in [6, 6.07) is 6.84. The lowest BCUT2D eigenvalue weighted by atomic mass is 10.1. The summed E-state index contributed by atoms with van der Waals surface area (Å²) in [5.41, 5.74) is 9.86. The van der Waals surface area contributed by atoms with Crippen LogP contribution in [0.5, 0.6) is 0 Å². The van der Waals surface area contributed by atoms with E-state index < -0.39 is 0 Å². The predicted molar refractivity (Wildman–Crippen MR) is 65.9 cm³/mol. The van der Waals surface area contributed by atoms with Gasteiger partial charge in [0.2, 0.25) is 0 Å². The third-order valence-corrected chi connectivity index (χ3v) is 2.54. The Kier molecular flexibility index (Phi) is 4.30. The number of likely N-dealkylation sites (N-methyl/N-ethyl adjacent to an activating group) is 1. The summed E-state index contributed by atoms with van der Waals surface area (Å²) in [5, 5.41) is 0. The Bertz CT molecular complexity index is 318. The molecule has 0 radical (unpaired) electrons. The van der Waals surface area contributed by atoms with Gasteiger partial charge in [-0.3, -0.25) is 0 Å². The Labute approximate surface area is 93.1 Å². The summed E-state index contributed by atoms with van der Waals surface area (Å²) < 4.78 is 0. The van der Waals surface area contributed by atoms with Crippen LogP contribution in [0, 0.1) is 13.8 Å².